The topological polar surface area (TPSA) is 85.1 Å². The van der Waals surface area contributed by atoms with Crippen LogP contribution in [0.25, 0.3) is 0 Å². The molecule has 0 radical (unpaired) electrons. The Morgan fingerprint density at radius 1 is 1.38 bits per heavy atom. The summed E-state index contributed by atoms with van der Waals surface area (Å²) >= 11 is 1.54. The fourth-order valence-corrected chi connectivity index (χ4v) is 3.01. The maximum absolute atomic E-state index is 12.1. The molecule has 0 saturated carbocycles. The third-order valence-electron chi connectivity index (χ3n) is 3.32. The molecule has 0 unspecified atom stereocenters. The summed E-state index contributed by atoms with van der Waals surface area (Å²) in [5, 5.41) is 9.66. The zero-order valence-electron chi connectivity index (χ0n) is 12.2. The summed E-state index contributed by atoms with van der Waals surface area (Å²) < 4.78 is 1.56. The minimum Gasteiger partial charge on any atom is -0.481 e. The SMILES string of the molecule is Cc1cnc(Cn2c(C)c(CCC(=O)O)c(C)nc2=O)s1. The number of carboxylic acid groups (broad SMARTS) is 1. The Morgan fingerprint density at radius 3 is 2.67 bits per heavy atom. The van der Waals surface area contributed by atoms with Gasteiger partial charge in [0.25, 0.3) is 0 Å². The van der Waals surface area contributed by atoms with Crippen LogP contribution in [0.2, 0.25) is 0 Å². The van der Waals surface area contributed by atoms with Crippen molar-refractivity contribution >= 4 is 17.3 Å². The Kier molecular flexibility index (Phi) is 4.52. The van der Waals surface area contributed by atoms with Gasteiger partial charge in [0.15, 0.2) is 0 Å². The number of carbonyl (C=O) groups is 1. The van der Waals surface area contributed by atoms with Crippen LogP contribution in [-0.2, 0) is 17.8 Å². The zero-order valence-corrected chi connectivity index (χ0v) is 13.0. The van der Waals surface area contributed by atoms with Gasteiger partial charge in [0.05, 0.1) is 6.54 Å². The lowest BCUT2D eigenvalue weighted by Gasteiger charge is -2.14. The maximum Gasteiger partial charge on any atom is 0.348 e. The second-order valence-corrected chi connectivity index (χ2v) is 6.21. The second kappa shape index (κ2) is 6.17. The molecule has 2 rings (SSSR count). The molecule has 1 N–H and O–H groups in total. The van der Waals surface area contributed by atoms with Gasteiger partial charge in [0.2, 0.25) is 0 Å². The molecule has 2 aromatic heterocycles. The van der Waals surface area contributed by atoms with Gasteiger partial charge < -0.3 is 5.11 Å². The molecule has 2 heterocycles. The molecule has 0 atom stereocenters. The largest absolute Gasteiger partial charge is 0.481 e. The van der Waals surface area contributed by atoms with Gasteiger partial charge in [-0.15, -0.1) is 11.3 Å². The van der Waals surface area contributed by atoms with E-state index in [0.29, 0.717) is 18.7 Å². The van der Waals surface area contributed by atoms with Gasteiger partial charge in [0, 0.05) is 28.9 Å². The van der Waals surface area contributed by atoms with E-state index >= 15 is 0 Å². The van der Waals surface area contributed by atoms with Crippen LogP contribution in [-0.4, -0.2) is 25.6 Å². The first kappa shape index (κ1) is 15.4. The lowest BCUT2D eigenvalue weighted by Crippen LogP contribution is -2.28. The van der Waals surface area contributed by atoms with E-state index in [1.165, 1.54) is 11.3 Å². The fourth-order valence-electron chi connectivity index (χ4n) is 2.23. The molecule has 0 fully saturated rings. The molecular weight excluding hydrogens is 290 g/mol. The number of nitrogens with zero attached hydrogens (tertiary/aromatic N) is 3. The summed E-state index contributed by atoms with van der Waals surface area (Å²) in [6.07, 6.45) is 2.17. The molecule has 0 aromatic carbocycles. The van der Waals surface area contributed by atoms with Gasteiger partial charge in [-0.1, -0.05) is 0 Å². The third kappa shape index (κ3) is 3.55. The predicted molar refractivity (Wildman–Crippen MR) is 79.9 cm³/mol. The van der Waals surface area contributed by atoms with Crippen molar-refractivity contribution in [3.8, 4) is 0 Å². The van der Waals surface area contributed by atoms with Crippen LogP contribution in [0, 0.1) is 20.8 Å². The first-order valence-electron chi connectivity index (χ1n) is 6.58. The second-order valence-electron chi connectivity index (χ2n) is 4.89. The molecule has 0 aliphatic carbocycles. The quantitative estimate of drug-likeness (QED) is 0.908. The van der Waals surface area contributed by atoms with Crippen molar-refractivity contribution in [1.82, 2.24) is 14.5 Å². The highest BCUT2D eigenvalue weighted by molar-refractivity contribution is 7.11. The Morgan fingerprint density at radius 2 is 2.10 bits per heavy atom. The molecule has 7 heteroatoms. The van der Waals surface area contributed by atoms with Gasteiger partial charge in [-0.05, 0) is 32.8 Å². The summed E-state index contributed by atoms with van der Waals surface area (Å²) in [6.45, 7) is 5.90. The van der Waals surface area contributed by atoms with Crippen LogP contribution < -0.4 is 5.69 Å². The summed E-state index contributed by atoms with van der Waals surface area (Å²) in [5.74, 6) is -0.859. The van der Waals surface area contributed by atoms with Crippen LogP contribution in [0.1, 0.15) is 33.3 Å². The molecule has 0 bridgehead atoms. The first-order valence-corrected chi connectivity index (χ1v) is 7.40. The molecule has 2 aromatic rings. The Bertz CT molecular complexity index is 734. The zero-order chi connectivity index (χ0) is 15.6. The number of aryl methyl sites for hydroxylation is 2. The van der Waals surface area contributed by atoms with Crippen molar-refractivity contribution in [2.45, 2.75) is 40.2 Å². The van der Waals surface area contributed by atoms with Crippen LogP contribution in [0.4, 0.5) is 0 Å². The van der Waals surface area contributed by atoms with Crippen molar-refractivity contribution in [3.05, 3.63) is 43.5 Å². The van der Waals surface area contributed by atoms with Crippen molar-refractivity contribution < 1.29 is 9.90 Å². The first-order chi connectivity index (χ1) is 9.88. The lowest BCUT2D eigenvalue weighted by molar-refractivity contribution is -0.136. The maximum atomic E-state index is 12.1. The normalized spacial score (nSPS) is 10.8. The molecule has 0 aliphatic heterocycles. The fraction of sp³-hybridized carbons (Fsp3) is 0.429. The molecule has 0 saturated heterocycles. The van der Waals surface area contributed by atoms with Gasteiger partial charge in [-0.2, -0.15) is 4.98 Å². The number of hydrogen-bond acceptors (Lipinski definition) is 5. The molecule has 6 nitrogen and oxygen atoms in total. The van der Waals surface area contributed by atoms with E-state index in [0.717, 1.165) is 21.1 Å². The van der Waals surface area contributed by atoms with Gasteiger partial charge in [-0.3, -0.25) is 9.36 Å². The van der Waals surface area contributed by atoms with Crippen molar-refractivity contribution in [1.29, 1.82) is 0 Å². The highest BCUT2D eigenvalue weighted by Gasteiger charge is 2.14. The van der Waals surface area contributed by atoms with Crippen LogP contribution in [0.15, 0.2) is 11.0 Å². The minimum atomic E-state index is -0.859. The highest BCUT2D eigenvalue weighted by Crippen LogP contribution is 2.16. The van der Waals surface area contributed by atoms with Gasteiger partial charge >= 0.3 is 11.7 Å². The van der Waals surface area contributed by atoms with Gasteiger partial charge in [-0.25, -0.2) is 9.78 Å². The van der Waals surface area contributed by atoms with E-state index in [4.69, 9.17) is 5.11 Å². The monoisotopic (exact) mass is 307 g/mol. The molecule has 112 valence electrons. The van der Waals surface area contributed by atoms with E-state index in [2.05, 4.69) is 9.97 Å². The molecule has 0 spiro atoms. The summed E-state index contributed by atoms with van der Waals surface area (Å²) in [6, 6.07) is 0. The molecule has 0 amide bonds. The Hall–Kier alpha value is -2.02. The minimum absolute atomic E-state index is 0.0257. The number of rotatable bonds is 5. The third-order valence-corrected chi connectivity index (χ3v) is 4.22. The molecule has 0 aliphatic rings. The van der Waals surface area contributed by atoms with Crippen molar-refractivity contribution in [2.75, 3.05) is 0 Å². The van der Waals surface area contributed by atoms with E-state index in [9.17, 15) is 9.59 Å². The summed E-state index contributed by atoms with van der Waals surface area (Å²) in [4.78, 5) is 32.2. The predicted octanol–water partition coefficient (Wildman–Crippen LogP) is 1.69. The molecular formula is C14H17N3O3S. The van der Waals surface area contributed by atoms with Crippen LogP contribution >= 0.6 is 11.3 Å². The number of aliphatic carboxylic acids is 1. The van der Waals surface area contributed by atoms with Crippen molar-refractivity contribution in [2.24, 2.45) is 0 Å². The van der Waals surface area contributed by atoms with E-state index < -0.39 is 5.97 Å². The van der Waals surface area contributed by atoms with Gasteiger partial charge in [0.1, 0.15) is 5.01 Å². The van der Waals surface area contributed by atoms with E-state index in [-0.39, 0.29) is 12.1 Å². The summed E-state index contributed by atoms with van der Waals surface area (Å²) in [5.41, 5.74) is 1.87. The standard InChI is InChI=1S/C14H17N3O3S/c1-8-6-15-12(21-8)7-17-10(3)11(4-5-13(18)19)9(2)16-14(17)20/h6H,4-5,7H2,1-3H3,(H,18,19). The lowest BCUT2D eigenvalue weighted by atomic mass is 10.1. The Balaban J connectivity index is 2.38. The number of aromatic nitrogens is 3. The van der Waals surface area contributed by atoms with Crippen LogP contribution in [0.5, 0.6) is 0 Å². The Labute approximate surface area is 126 Å². The van der Waals surface area contributed by atoms with Crippen LogP contribution in [0.3, 0.4) is 0 Å². The average Bonchev–Trinajstić information content (AvgIpc) is 2.79. The average molecular weight is 307 g/mol. The van der Waals surface area contributed by atoms with E-state index in [1.807, 2.05) is 13.8 Å². The summed E-state index contributed by atoms with van der Waals surface area (Å²) in [7, 11) is 0. The number of carboxylic acids is 1. The number of hydrogen-bond donors (Lipinski definition) is 1. The molecule has 21 heavy (non-hydrogen) atoms. The highest BCUT2D eigenvalue weighted by atomic mass is 32.1. The smallest absolute Gasteiger partial charge is 0.348 e. The number of thiazole rings is 1. The van der Waals surface area contributed by atoms with E-state index in [1.54, 1.807) is 17.7 Å². The van der Waals surface area contributed by atoms with Crippen molar-refractivity contribution in [3.63, 3.8) is 0 Å².